The van der Waals surface area contributed by atoms with Gasteiger partial charge in [0.25, 0.3) is 0 Å². The lowest BCUT2D eigenvalue weighted by Crippen LogP contribution is -2.21. The third kappa shape index (κ3) is 3.68. The Morgan fingerprint density at radius 3 is 2.61 bits per heavy atom. The van der Waals surface area contributed by atoms with Crippen LogP contribution in [0, 0.1) is 0 Å². The number of nitrogen functional groups attached to an aromatic ring is 1. The second-order valence-electron chi connectivity index (χ2n) is 8.69. The van der Waals surface area contributed by atoms with Gasteiger partial charge in [0.2, 0.25) is 5.91 Å². The molecule has 1 aromatic carbocycles. The van der Waals surface area contributed by atoms with E-state index < -0.39 is 5.91 Å². The minimum absolute atomic E-state index is 0.242. The molecule has 6 rings (SSSR count). The first-order valence-corrected chi connectivity index (χ1v) is 11.7. The van der Waals surface area contributed by atoms with E-state index in [1.165, 1.54) is 6.33 Å². The van der Waals surface area contributed by atoms with Gasteiger partial charge in [-0.15, -0.1) is 0 Å². The number of hydrogen-bond acceptors (Lipinski definition) is 7. The lowest BCUT2D eigenvalue weighted by atomic mass is 10.0. The van der Waals surface area contributed by atoms with Crippen LogP contribution in [-0.4, -0.2) is 48.5 Å². The number of benzene rings is 1. The van der Waals surface area contributed by atoms with Crippen LogP contribution >= 0.6 is 0 Å². The summed E-state index contributed by atoms with van der Waals surface area (Å²) in [6.07, 6.45) is 6.74. The molecule has 0 spiro atoms. The number of fused-ring (bicyclic) bond motifs is 1. The van der Waals surface area contributed by atoms with E-state index in [-0.39, 0.29) is 6.04 Å². The molecule has 0 radical (unpaired) electrons. The van der Waals surface area contributed by atoms with Crippen molar-refractivity contribution in [2.75, 3.05) is 18.9 Å². The van der Waals surface area contributed by atoms with E-state index in [0.29, 0.717) is 41.4 Å². The van der Waals surface area contributed by atoms with E-state index in [0.717, 1.165) is 35.4 Å². The van der Waals surface area contributed by atoms with Gasteiger partial charge in [0.1, 0.15) is 11.8 Å². The van der Waals surface area contributed by atoms with Crippen LogP contribution in [0.5, 0.6) is 0 Å². The van der Waals surface area contributed by atoms with Crippen LogP contribution in [0.4, 0.5) is 5.82 Å². The molecule has 10 heteroatoms. The fourth-order valence-corrected chi connectivity index (χ4v) is 4.88. The average molecular weight is 481 g/mol. The standard InChI is InChI=1S/C26H24N8O2/c27-25-24-20(22-6-10-31-33(22)17-7-11-36-12-8-17)14-23(34(24)32-15-30-25)16-5-9-29-21(13-16)18-3-1-2-4-19(18)26(28)35/h1-6,9-10,13-15,17H,7-8,11-12H2,(H2,28,35)(H2,27,30,32). The third-order valence-corrected chi connectivity index (χ3v) is 6.59. The van der Waals surface area contributed by atoms with Crippen molar-refractivity contribution < 1.29 is 9.53 Å². The molecule has 10 nitrogen and oxygen atoms in total. The highest BCUT2D eigenvalue weighted by molar-refractivity contribution is 5.99. The number of anilines is 1. The lowest BCUT2D eigenvalue weighted by Gasteiger charge is -2.24. The van der Waals surface area contributed by atoms with E-state index in [1.807, 2.05) is 36.4 Å². The first-order valence-electron chi connectivity index (χ1n) is 11.7. The molecule has 1 aliphatic heterocycles. The van der Waals surface area contributed by atoms with Gasteiger partial charge in [-0.25, -0.2) is 9.50 Å². The number of nitrogens with two attached hydrogens (primary N) is 2. The minimum atomic E-state index is -0.505. The zero-order valence-electron chi connectivity index (χ0n) is 19.4. The number of aromatic nitrogens is 6. The Bertz CT molecular complexity index is 1580. The molecule has 1 fully saturated rings. The van der Waals surface area contributed by atoms with E-state index in [1.54, 1.807) is 29.0 Å². The Kier molecular flexibility index (Phi) is 5.42. The second-order valence-corrected chi connectivity index (χ2v) is 8.69. The highest BCUT2D eigenvalue weighted by Crippen LogP contribution is 2.37. The molecule has 180 valence electrons. The van der Waals surface area contributed by atoms with Gasteiger partial charge in [-0.05, 0) is 43.2 Å². The summed E-state index contributed by atoms with van der Waals surface area (Å²) < 4.78 is 9.39. The number of ether oxygens (including phenoxy) is 1. The molecule has 0 atom stereocenters. The van der Waals surface area contributed by atoms with Crippen LogP contribution in [0.25, 0.3) is 39.3 Å². The molecule has 1 saturated heterocycles. The van der Waals surface area contributed by atoms with Crippen molar-refractivity contribution in [3.63, 3.8) is 0 Å². The summed E-state index contributed by atoms with van der Waals surface area (Å²) in [7, 11) is 0. The van der Waals surface area contributed by atoms with Gasteiger partial charge in [-0.2, -0.15) is 10.2 Å². The fraction of sp³-hybridized carbons (Fsp3) is 0.192. The summed E-state index contributed by atoms with van der Waals surface area (Å²) in [5.41, 5.74) is 17.9. The summed E-state index contributed by atoms with van der Waals surface area (Å²) in [5, 5.41) is 9.15. The van der Waals surface area contributed by atoms with Crippen molar-refractivity contribution in [2.45, 2.75) is 18.9 Å². The molecule has 1 amide bonds. The molecule has 36 heavy (non-hydrogen) atoms. The van der Waals surface area contributed by atoms with E-state index in [4.69, 9.17) is 16.2 Å². The SMILES string of the molecule is NC(=O)c1ccccc1-c1cc(-c2cc(-c3ccnn3C3CCOCC3)c3c(N)ncnn23)ccn1. The number of hydrogen-bond donors (Lipinski definition) is 2. The molecular weight excluding hydrogens is 456 g/mol. The van der Waals surface area contributed by atoms with E-state index in [9.17, 15) is 4.79 Å². The van der Waals surface area contributed by atoms with Gasteiger partial charge in [0.15, 0.2) is 5.82 Å². The van der Waals surface area contributed by atoms with Gasteiger partial charge < -0.3 is 16.2 Å². The van der Waals surface area contributed by atoms with Crippen molar-refractivity contribution in [1.29, 1.82) is 0 Å². The van der Waals surface area contributed by atoms with Crippen molar-refractivity contribution in [3.05, 3.63) is 72.8 Å². The number of rotatable bonds is 5. The van der Waals surface area contributed by atoms with E-state index in [2.05, 4.69) is 24.8 Å². The number of nitrogens with zero attached hydrogens (tertiary/aromatic N) is 6. The number of carbonyl (C=O) groups is 1. The molecule has 1 aliphatic rings. The smallest absolute Gasteiger partial charge is 0.249 e. The maximum Gasteiger partial charge on any atom is 0.249 e. The number of carbonyl (C=O) groups excluding carboxylic acids is 1. The highest BCUT2D eigenvalue weighted by Gasteiger charge is 2.24. The normalized spacial score (nSPS) is 14.3. The lowest BCUT2D eigenvalue weighted by molar-refractivity contribution is 0.0667. The van der Waals surface area contributed by atoms with Crippen LogP contribution in [0.1, 0.15) is 29.2 Å². The van der Waals surface area contributed by atoms with Crippen LogP contribution < -0.4 is 11.5 Å². The molecule has 0 bridgehead atoms. The Balaban J connectivity index is 1.52. The first-order chi connectivity index (χ1) is 17.6. The zero-order chi connectivity index (χ0) is 24.6. The van der Waals surface area contributed by atoms with Crippen molar-refractivity contribution >= 4 is 17.2 Å². The van der Waals surface area contributed by atoms with Gasteiger partial charge in [-0.1, -0.05) is 18.2 Å². The maximum atomic E-state index is 12.0. The molecule has 0 unspecified atom stereocenters. The van der Waals surface area contributed by atoms with Crippen molar-refractivity contribution in [3.8, 4) is 33.8 Å². The zero-order valence-corrected chi connectivity index (χ0v) is 19.4. The van der Waals surface area contributed by atoms with Gasteiger partial charge in [0, 0.05) is 47.9 Å². The van der Waals surface area contributed by atoms with Gasteiger partial charge >= 0.3 is 0 Å². The average Bonchev–Trinajstić information content (AvgIpc) is 3.55. The third-order valence-electron chi connectivity index (χ3n) is 6.59. The Hall–Kier alpha value is -4.57. The van der Waals surface area contributed by atoms with E-state index >= 15 is 0 Å². The first kappa shape index (κ1) is 21.9. The fourth-order valence-electron chi connectivity index (χ4n) is 4.88. The largest absolute Gasteiger partial charge is 0.382 e. The molecule has 0 aliphatic carbocycles. The summed E-state index contributed by atoms with van der Waals surface area (Å²) in [5.74, 6) is -0.130. The van der Waals surface area contributed by atoms with Gasteiger partial charge in [-0.3, -0.25) is 14.5 Å². The van der Waals surface area contributed by atoms with Gasteiger partial charge in [0.05, 0.1) is 23.1 Å². The number of pyridine rings is 1. The van der Waals surface area contributed by atoms with Crippen LogP contribution in [0.3, 0.4) is 0 Å². The van der Waals surface area contributed by atoms with Crippen LogP contribution in [0.2, 0.25) is 0 Å². The number of primary amides is 1. The molecule has 5 aromatic rings. The Morgan fingerprint density at radius 1 is 0.944 bits per heavy atom. The van der Waals surface area contributed by atoms with Crippen molar-refractivity contribution in [2.24, 2.45) is 5.73 Å². The second kappa shape index (κ2) is 8.90. The molecule has 4 N–H and O–H groups in total. The molecular formula is C26H24N8O2. The molecule has 0 saturated carbocycles. The predicted octanol–water partition coefficient (Wildman–Crippen LogP) is 3.35. The monoisotopic (exact) mass is 480 g/mol. The summed E-state index contributed by atoms with van der Waals surface area (Å²) in [6, 6.07) is 15.3. The van der Waals surface area contributed by atoms with Crippen LogP contribution in [-0.2, 0) is 4.74 Å². The minimum Gasteiger partial charge on any atom is -0.382 e. The summed E-state index contributed by atoms with van der Waals surface area (Å²) in [6.45, 7) is 1.42. The summed E-state index contributed by atoms with van der Waals surface area (Å²) in [4.78, 5) is 20.8. The Labute approximate surface area is 206 Å². The summed E-state index contributed by atoms with van der Waals surface area (Å²) >= 11 is 0. The molecule has 5 heterocycles. The number of amides is 1. The van der Waals surface area contributed by atoms with Crippen molar-refractivity contribution in [1.82, 2.24) is 29.4 Å². The quantitative estimate of drug-likeness (QED) is 0.393. The Morgan fingerprint density at radius 2 is 1.78 bits per heavy atom. The topological polar surface area (TPSA) is 139 Å². The highest BCUT2D eigenvalue weighted by atomic mass is 16.5. The predicted molar refractivity (Wildman–Crippen MR) is 135 cm³/mol. The maximum absolute atomic E-state index is 12.0. The molecule has 4 aromatic heterocycles. The van der Waals surface area contributed by atoms with Crippen LogP contribution in [0.15, 0.2) is 67.3 Å².